The summed E-state index contributed by atoms with van der Waals surface area (Å²) < 4.78 is 5.58. The Labute approximate surface area is 143 Å². The summed E-state index contributed by atoms with van der Waals surface area (Å²) in [6, 6.07) is 3.69. The molecule has 1 atom stereocenters. The van der Waals surface area contributed by atoms with Crippen molar-refractivity contribution in [2.45, 2.75) is 64.6 Å². The smallest absolute Gasteiger partial charge is 0.411 e. The quantitative estimate of drug-likeness (QED) is 0.719. The molecule has 0 radical (unpaired) electrons. The summed E-state index contributed by atoms with van der Waals surface area (Å²) in [7, 11) is 0. The molecule has 0 bridgehead atoms. The number of amides is 1. The van der Waals surface area contributed by atoms with E-state index in [9.17, 15) is 4.79 Å². The van der Waals surface area contributed by atoms with Crippen molar-refractivity contribution in [1.82, 2.24) is 9.88 Å². The zero-order valence-corrected chi connectivity index (χ0v) is 15.2. The first-order chi connectivity index (χ1) is 10.6. The Morgan fingerprint density at radius 1 is 1.43 bits per heavy atom. The van der Waals surface area contributed by atoms with Crippen LogP contribution < -0.4 is 0 Å². The van der Waals surface area contributed by atoms with Gasteiger partial charge in [-0.15, -0.1) is 0 Å². The average Bonchev–Trinajstić information content (AvgIpc) is 2.71. The van der Waals surface area contributed by atoms with Gasteiger partial charge in [0.2, 0.25) is 0 Å². The van der Waals surface area contributed by atoms with Gasteiger partial charge >= 0.3 is 6.09 Å². The zero-order chi connectivity index (χ0) is 17.3. The highest BCUT2D eigenvalue weighted by Crippen LogP contribution is 2.35. The lowest BCUT2D eigenvalue weighted by Gasteiger charge is -2.36. The van der Waals surface area contributed by atoms with Crippen molar-refractivity contribution in [3.05, 3.63) is 35.1 Å². The van der Waals surface area contributed by atoms with Gasteiger partial charge in [-0.25, -0.2) is 9.78 Å². The van der Waals surface area contributed by atoms with Crippen molar-refractivity contribution in [3.63, 3.8) is 0 Å². The molecule has 0 spiro atoms. The topological polar surface area (TPSA) is 42.4 Å². The largest absolute Gasteiger partial charge is 0.444 e. The molecule has 1 aromatic rings. The van der Waals surface area contributed by atoms with E-state index in [1.807, 2.05) is 43.9 Å². The summed E-state index contributed by atoms with van der Waals surface area (Å²) >= 11 is 5.80. The molecule has 0 aromatic carbocycles. The van der Waals surface area contributed by atoms with E-state index in [2.05, 4.69) is 18.8 Å². The van der Waals surface area contributed by atoms with E-state index in [4.69, 9.17) is 16.3 Å². The second-order valence-corrected chi connectivity index (χ2v) is 7.93. The fourth-order valence-electron chi connectivity index (χ4n) is 2.78. The first-order valence-corrected chi connectivity index (χ1v) is 8.28. The van der Waals surface area contributed by atoms with Crippen molar-refractivity contribution in [2.24, 2.45) is 0 Å². The van der Waals surface area contributed by atoms with Crippen molar-refractivity contribution in [2.75, 3.05) is 0 Å². The van der Waals surface area contributed by atoms with E-state index in [1.165, 1.54) is 0 Å². The van der Waals surface area contributed by atoms with Gasteiger partial charge in [0.15, 0.2) is 0 Å². The molecule has 0 saturated carbocycles. The number of carbonyl (C=O) groups is 1. The van der Waals surface area contributed by atoms with Crippen molar-refractivity contribution < 1.29 is 9.53 Å². The molecule has 0 N–H and O–H groups in total. The lowest BCUT2D eigenvalue weighted by Crippen LogP contribution is -2.48. The fourth-order valence-corrected chi connectivity index (χ4v) is 2.90. The van der Waals surface area contributed by atoms with Gasteiger partial charge in [0.05, 0.1) is 6.04 Å². The van der Waals surface area contributed by atoms with Crippen LogP contribution in [-0.2, 0) is 4.74 Å². The van der Waals surface area contributed by atoms with Crippen molar-refractivity contribution in [3.8, 4) is 0 Å². The van der Waals surface area contributed by atoms with Crippen LogP contribution in [0.5, 0.6) is 0 Å². The predicted octanol–water partition coefficient (Wildman–Crippen LogP) is 4.93. The van der Waals surface area contributed by atoms with Crippen LogP contribution in [0.4, 0.5) is 4.79 Å². The van der Waals surface area contributed by atoms with Gasteiger partial charge in [-0.05, 0) is 59.1 Å². The number of halogens is 1. The summed E-state index contributed by atoms with van der Waals surface area (Å²) in [6.45, 7) is 9.82. The van der Waals surface area contributed by atoms with Gasteiger partial charge in [-0.2, -0.15) is 0 Å². The van der Waals surface area contributed by atoms with Crippen LogP contribution in [0.15, 0.2) is 24.4 Å². The summed E-state index contributed by atoms with van der Waals surface area (Å²) in [5.74, 6) is 0. The van der Waals surface area contributed by atoms with Crippen LogP contribution in [0, 0.1) is 0 Å². The van der Waals surface area contributed by atoms with Crippen LogP contribution >= 0.6 is 11.6 Å². The van der Waals surface area contributed by atoms with Gasteiger partial charge < -0.3 is 4.74 Å². The highest BCUT2D eigenvalue weighted by Gasteiger charge is 2.43. The Morgan fingerprint density at radius 3 is 2.70 bits per heavy atom. The first kappa shape index (κ1) is 17.8. The van der Waals surface area contributed by atoms with Crippen LogP contribution in [0.2, 0.25) is 5.15 Å². The second-order valence-electron chi connectivity index (χ2n) is 7.54. The molecule has 1 aliphatic rings. The predicted molar refractivity (Wildman–Crippen MR) is 93.5 cm³/mol. The molecule has 0 unspecified atom stereocenters. The van der Waals surface area contributed by atoms with Crippen LogP contribution in [-0.4, -0.2) is 33.2 Å². The maximum Gasteiger partial charge on any atom is 0.411 e. The zero-order valence-electron chi connectivity index (χ0n) is 14.5. The van der Waals surface area contributed by atoms with E-state index >= 15 is 0 Å². The highest BCUT2D eigenvalue weighted by atomic mass is 35.5. The average molecular weight is 337 g/mol. The third-order valence-electron chi connectivity index (χ3n) is 3.89. The van der Waals surface area contributed by atoms with E-state index in [0.717, 1.165) is 18.4 Å². The van der Waals surface area contributed by atoms with Gasteiger partial charge in [-0.3, -0.25) is 4.90 Å². The van der Waals surface area contributed by atoms with E-state index in [0.29, 0.717) is 5.15 Å². The van der Waals surface area contributed by atoms with Gasteiger partial charge in [0, 0.05) is 11.7 Å². The Kier molecular flexibility index (Phi) is 5.04. The molecule has 1 saturated heterocycles. The fraction of sp³-hybridized carbons (Fsp3) is 0.556. The second kappa shape index (κ2) is 6.52. The standard InChI is InChI=1S/C18H25ClN2O2/c1-17(2,3)23-16(22)21-14(10-11-18(21,4)5)8-6-13-7-9-15(19)20-12-13/h6-9,12,14H,10-11H2,1-5H3/b8-6+/t14-/m0/s1. The molecule has 126 valence electrons. The van der Waals surface area contributed by atoms with Gasteiger partial charge in [0.1, 0.15) is 10.8 Å². The van der Waals surface area contributed by atoms with Crippen LogP contribution in [0.1, 0.15) is 53.0 Å². The Balaban J connectivity index is 2.16. The van der Waals surface area contributed by atoms with Crippen LogP contribution in [0.3, 0.4) is 0 Å². The molecule has 2 heterocycles. The molecule has 0 aliphatic carbocycles. The number of aromatic nitrogens is 1. The monoisotopic (exact) mass is 336 g/mol. The molecule has 2 rings (SSSR count). The minimum atomic E-state index is -0.496. The lowest BCUT2D eigenvalue weighted by atomic mass is 10.0. The number of ether oxygens (including phenoxy) is 1. The number of rotatable bonds is 2. The Bertz CT molecular complexity index is 588. The molecular formula is C18H25ClN2O2. The molecular weight excluding hydrogens is 312 g/mol. The number of pyridine rings is 1. The molecule has 1 amide bonds. The number of nitrogens with zero attached hydrogens (tertiary/aromatic N) is 2. The minimum absolute atomic E-state index is 0.0236. The number of hydrogen-bond acceptors (Lipinski definition) is 3. The van der Waals surface area contributed by atoms with E-state index in [-0.39, 0.29) is 17.7 Å². The summed E-state index contributed by atoms with van der Waals surface area (Å²) in [4.78, 5) is 18.5. The third-order valence-corrected chi connectivity index (χ3v) is 4.11. The molecule has 4 nitrogen and oxygen atoms in total. The first-order valence-electron chi connectivity index (χ1n) is 7.91. The summed E-state index contributed by atoms with van der Waals surface area (Å²) in [5, 5.41) is 0.472. The van der Waals surface area contributed by atoms with E-state index in [1.54, 1.807) is 12.3 Å². The number of likely N-dealkylation sites (tertiary alicyclic amines) is 1. The summed E-state index contributed by atoms with van der Waals surface area (Å²) in [6.07, 6.45) is 7.35. The van der Waals surface area contributed by atoms with E-state index < -0.39 is 5.60 Å². The Hall–Kier alpha value is -1.55. The molecule has 1 aromatic heterocycles. The maximum absolute atomic E-state index is 12.6. The van der Waals surface area contributed by atoms with Crippen molar-refractivity contribution in [1.29, 1.82) is 0 Å². The molecule has 1 fully saturated rings. The number of hydrogen-bond donors (Lipinski definition) is 0. The van der Waals surface area contributed by atoms with Crippen molar-refractivity contribution >= 4 is 23.8 Å². The maximum atomic E-state index is 12.6. The molecule has 23 heavy (non-hydrogen) atoms. The summed E-state index contributed by atoms with van der Waals surface area (Å²) in [5.41, 5.74) is 0.253. The lowest BCUT2D eigenvalue weighted by molar-refractivity contribution is 0.00794. The third kappa shape index (κ3) is 4.71. The Morgan fingerprint density at radius 2 is 2.13 bits per heavy atom. The molecule has 5 heteroatoms. The minimum Gasteiger partial charge on any atom is -0.444 e. The SMILES string of the molecule is CC(C)(C)OC(=O)N1[C@@H](/C=C/c2ccc(Cl)nc2)CCC1(C)C. The normalized spacial score (nSPS) is 21.0. The van der Waals surface area contributed by atoms with Crippen LogP contribution in [0.25, 0.3) is 6.08 Å². The highest BCUT2D eigenvalue weighted by molar-refractivity contribution is 6.29. The molecule has 1 aliphatic heterocycles. The number of carbonyl (C=O) groups excluding carboxylic acids is 1. The van der Waals surface area contributed by atoms with Gasteiger partial charge in [0.25, 0.3) is 0 Å². The van der Waals surface area contributed by atoms with Gasteiger partial charge in [-0.1, -0.05) is 29.8 Å².